The third-order valence-corrected chi connectivity index (χ3v) is 4.66. The van der Waals surface area contributed by atoms with Crippen LogP contribution in [0.1, 0.15) is 5.56 Å². The monoisotopic (exact) mass is 335 g/mol. The van der Waals surface area contributed by atoms with E-state index in [0.717, 1.165) is 5.56 Å². The van der Waals surface area contributed by atoms with Crippen LogP contribution in [0.15, 0.2) is 41.4 Å². The Hall–Kier alpha value is -2.19. The van der Waals surface area contributed by atoms with Gasteiger partial charge < -0.3 is 13.8 Å². The Morgan fingerprint density at radius 3 is 2.52 bits per heavy atom. The van der Waals surface area contributed by atoms with Gasteiger partial charge in [-0.2, -0.15) is 13.4 Å². The summed E-state index contributed by atoms with van der Waals surface area (Å²) in [6.07, 6.45) is 1.48. The molecule has 0 saturated carbocycles. The molecule has 2 aromatic rings. The van der Waals surface area contributed by atoms with Gasteiger partial charge in [0.2, 0.25) is 11.8 Å². The molecule has 1 aliphatic rings. The molecule has 3 rings (SSSR count). The summed E-state index contributed by atoms with van der Waals surface area (Å²) in [6.45, 7) is 4.39. The number of hydrogen-bond donors (Lipinski definition) is 0. The van der Waals surface area contributed by atoms with Gasteiger partial charge in [-0.15, -0.1) is 0 Å². The van der Waals surface area contributed by atoms with Crippen molar-refractivity contribution < 1.29 is 17.3 Å². The molecule has 2 heterocycles. The molecule has 0 aliphatic carbocycles. The van der Waals surface area contributed by atoms with Gasteiger partial charge in [0.25, 0.3) is 0 Å². The molecule has 0 N–H and O–H groups in total. The van der Waals surface area contributed by atoms with Crippen molar-refractivity contribution in [3.63, 3.8) is 0 Å². The van der Waals surface area contributed by atoms with Gasteiger partial charge >= 0.3 is 10.1 Å². The third kappa shape index (κ3) is 3.77. The van der Waals surface area contributed by atoms with E-state index in [4.69, 9.17) is 8.92 Å². The Morgan fingerprint density at radius 2 is 1.83 bits per heavy atom. The molecule has 7 nitrogen and oxygen atoms in total. The van der Waals surface area contributed by atoms with Crippen molar-refractivity contribution in [2.75, 3.05) is 31.2 Å². The lowest BCUT2D eigenvalue weighted by Gasteiger charge is -2.26. The SMILES string of the molecule is Cc1ccc(S(=O)(=O)Oc2ccnc(N3CCOCC3)n2)cc1. The van der Waals surface area contributed by atoms with Crippen LogP contribution in [0.25, 0.3) is 0 Å². The minimum atomic E-state index is -3.91. The van der Waals surface area contributed by atoms with Crippen molar-refractivity contribution in [3.8, 4) is 5.88 Å². The van der Waals surface area contributed by atoms with E-state index in [-0.39, 0.29) is 10.8 Å². The average molecular weight is 335 g/mol. The van der Waals surface area contributed by atoms with Crippen molar-refractivity contribution in [1.29, 1.82) is 0 Å². The van der Waals surface area contributed by atoms with Crippen LogP contribution >= 0.6 is 0 Å². The number of ether oxygens (including phenoxy) is 1. The van der Waals surface area contributed by atoms with Crippen LogP contribution in [0.2, 0.25) is 0 Å². The molecule has 1 aliphatic heterocycles. The highest BCUT2D eigenvalue weighted by Gasteiger charge is 2.19. The van der Waals surface area contributed by atoms with Crippen molar-refractivity contribution in [3.05, 3.63) is 42.1 Å². The fraction of sp³-hybridized carbons (Fsp3) is 0.333. The highest BCUT2D eigenvalue weighted by molar-refractivity contribution is 7.87. The zero-order valence-electron chi connectivity index (χ0n) is 12.7. The number of aryl methyl sites for hydroxylation is 1. The van der Waals surface area contributed by atoms with Gasteiger partial charge in [-0.05, 0) is 19.1 Å². The first-order chi connectivity index (χ1) is 11.0. The Kier molecular flexibility index (Phi) is 4.44. The summed E-state index contributed by atoms with van der Waals surface area (Å²) < 4.78 is 35.0. The van der Waals surface area contributed by atoms with Gasteiger partial charge in [-0.25, -0.2) is 4.98 Å². The molecule has 23 heavy (non-hydrogen) atoms. The summed E-state index contributed by atoms with van der Waals surface area (Å²) in [5, 5.41) is 0. The van der Waals surface area contributed by atoms with Gasteiger partial charge in [-0.1, -0.05) is 17.7 Å². The number of hydrogen-bond acceptors (Lipinski definition) is 7. The van der Waals surface area contributed by atoms with Crippen LogP contribution < -0.4 is 9.08 Å². The topological polar surface area (TPSA) is 81.6 Å². The maximum absolute atomic E-state index is 12.3. The summed E-state index contributed by atoms with van der Waals surface area (Å²) in [5.41, 5.74) is 0.973. The maximum Gasteiger partial charge on any atom is 0.340 e. The van der Waals surface area contributed by atoms with Crippen LogP contribution in [-0.4, -0.2) is 44.7 Å². The van der Waals surface area contributed by atoms with E-state index in [1.165, 1.54) is 24.4 Å². The molecular weight excluding hydrogens is 318 g/mol. The Labute approximate surface area is 135 Å². The highest BCUT2D eigenvalue weighted by Crippen LogP contribution is 2.19. The molecule has 8 heteroatoms. The van der Waals surface area contributed by atoms with Crippen LogP contribution in [0.5, 0.6) is 5.88 Å². The van der Waals surface area contributed by atoms with Gasteiger partial charge in [0.05, 0.1) is 13.2 Å². The van der Waals surface area contributed by atoms with Gasteiger partial charge in [-0.3, -0.25) is 0 Å². The summed E-state index contributed by atoms with van der Waals surface area (Å²) in [6, 6.07) is 7.88. The third-order valence-electron chi connectivity index (χ3n) is 3.42. The van der Waals surface area contributed by atoms with Crippen molar-refractivity contribution in [1.82, 2.24) is 9.97 Å². The molecule has 1 aromatic heterocycles. The molecule has 1 aromatic carbocycles. The minimum absolute atomic E-state index is 0.00191. The zero-order valence-corrected chi connectivity index (χ0v) is 13.5. The lowest BCUT2D eigenvalue weighted by Crippen LogP contribution is -2.37. The van der Waals surface area contributed by atoms with Gasteiger partial charge in [0, 0.05) is 25.4 Å². The Balaban J connectivity index is 1.80. The summed E-state index contributed by atoms with van der Waals surface area (Å²) >= 11 is 0. The van der Waals surface area contributed by atoms with E-state index >= 15 is 0 Å². The first-order valence-electron chi connectivity index (χ1n) is 7.21. The van der Waals surface area contributed by atoms with E-state index in [1.807, 2.05) is 11.8 Å². The van der Waals surface area contributed by atoms with Gasteiger partial charge in [0.1, 0.15) is 4.90 Å². The summed E-state index contributed by atoms with van der Waals surface area (Å²) in [7, 11) is -3.91. The van der Waals surface area contributed by atoms with E-state index in [9.17, 15) is 8.42 Å². The minimum Gasteiger partial charge on any atom is -0.378 e. The molecule has 1 fully saturated rings. The highest BCUT2D eigenvalue weighted by atomic mass is 32.2. The molecule has 0 bridgehead atoms. The first kappa shape index (κ1) is 15.7. The predicted molar refractivity (Wildman–Crippen MR) is 84.1 cm³/mol. The molecule has 0 atom stereocenters. The standard InChI is InChI=1S/C15H17N3O4S/c1-12-2-4-13(5-3-12)23(19,20)22-14-6-7-16-15(17-14)18-8-10-21-11-9-18/h2-7H,8-11H2,1H3. The molecule has 0 spiro atoms. The zero-order chi connectivity index (χ0) is 16.3. The van der Waals surface area contributed by atoms with Crippen molar-refractivity contribution in [2.45, 2.75) is 11.8 Å². The lowest BCUT2D eigenvalue weighted by molar-refractivity contribution is 0.122. The smallest absolute Gasteiger partial charge is 0.340 e. The van der Waals surface area contributed by atoms with E-state index in [2.05, 4.69) is 9.97 Å². The molecule has 0 amide bonds. The van der Waals surface area contributed by atoms with Crippen molar-refractivity contribution >= 4 is 16.1 Å². The van der Waals surface area contributed by atoms with Crippen molar-refractivity contribution in [2.24, 2.45) is 0 Å². The number of nitrogens with zero attached hydrogens (tertiary/aromatic N) is 3. The van der Waals surface area contributed by atoms with Gasteiger partial charge in [0.15, 0.2) is 0 Å². The fourth-order valence-corrected chi connectivity index (χ4v) is 3.04. The average Bonchev–Trinajstić information content (AvgIpc) is 2.56. The molecule has 122 valence electrons. The van der Waals surface area contributed by atoms with E-state index in [0.29, 0.717) is 32.3 Å². The second kappa shape index (κ2) is 6.51. The first-order valence-corrected chi connectivity index (χ1v) is 8.62. The van der Waals surface area contributed by atoms with Crippen LogP contribution in [0, 0.1) is 6.92 Å². The number of anilines is 1. The fourth-order valence-electron chi connectivity index (χ4n) is 2.16. The summed E-state index contributed by atoms with van der Waals surface area (Å²) in [4.78, 5) is 10.4. The number of rotatable bonds is 4. The molecule has 0 unspecified atom stereocenters. The van der Waals surface area contributed by atoms with E-state index < -0.39 is 10.1 Å². The maximum atomic E-state index is 12.3. The van der Waals surface area contributed by atoms with Crippen LogP contribution in [0.3, 0.4) is 0 Å². The second-order valence-corrected chi connectivity index (χ2v) is 6.69. The second-order valence-electron chi connectivity index (χ2n) is 5.14. The number of benzene rings is 1. The van der Waals surface area contributed by atoms with Crippen LogP contribution in [0.4, 0.5) is 5.95 Å². The van der Waals surface area contributed by atoms with Crippen LogP contribution in [-0.2, 0) is 14.9 Å². The lowest BCUT2D eigenvalue weighted by atomic mass is 10.2. The Morgan fingerprint density at radius 1 is 1.13 bits per heavy atom. The van der Waals surface area contributed by atoms with E-state index in [1.54, 1.807) is 12.1 Å². The number of aromatic nitrogens is 2. The molecular formula is C15H17N3O4S. The molecule has 0 radical (unpaired) electrons. The quantitative estimate of drug-likeness (QED) is 0.781. The largest absolute Gasteiger partial charge is 0.378 e. The Bertz CT molecular complexity index is 772. The molecule has 1 saturated heterocycles. The predicted octanol–water partition coefficient (Wildman–Crippen LogP) is 1.39. The normalized spacial score (nSPS) is 15.4. The summed E-state index contributed by atoms with van der Waals surface area (Å²) in [5.74, 6) is 0.437. The number of morpholine rings is 1.